The molecule has 0 N–H and O–H groups in total. The molecule has 8 rings (SSSR count). The van der Waals surface area contributed by atoms with Crippen molar-refractivity contribution < 1.29 is 25.8 Å². The Morgan fingerprint density at radius 2 is 1.31 bits per heavy atom. The third kappa shape index (κ3) is 3.65. The maximum Gasteiger partial charge on any atom is 2.00 e. The van der Waals surface area contributed by atoms with Crippen molar-refractivity contribution >= 4 is 49.4 Å². The smallest absolute Gasteiger partial charge is 0.497 e. The molecule has 0 radical (unpaired) electrons. The number of ether oxygens (including phenoxy) is 1. The summed E-state index contributed by atoms with van der Waals surface area (Å²) in [6.07, 6.45) is 0. The minimum absolute atomic E-state index is 0. The molecular formula is C33H20N4OPt. The monoisotopic (exact) mass is 683 g/mol. The molecule has 5 aromatic carbocycles. The Balaban J connectivity index is 0.00000253. The summed E-state index contributed by atoms with van der Waals surface area (Å²) < 4.78 is 10.6. The number of imidazole rings is 2. The Morgan fingerprint density at radius 1 is 0.615 bits per heavy atom. The van der Waals surface area contributed by atoms with E-state index in [1.165, 1.54) is 0 Å². The van der Waals surface area contributed by atoms with Crippen LogP contribution in [0, 0.1) is 12.1 Å². The van der Waals surface area contributed by atoms with Crippen LogP contribution in [0.5, 0.6) is 11.5 Å². The van der Waals surface area contributed by atoms with Crippen molar-refractivity contribution in [3.8, 4) is 22.9 Å². The average Bonchev–Trinajstić information content (AvgIpc) is 3.52. The fraction of sp³-hybridized carbons (Fsp3) is 0.0303. The van der Waals surface area contributed by atoms with E-state index >= 15 is 0 Å². The molecule has 0 saturated carbocycles. The van der Waals surface area contributed by atoms with Gasteiger partial charge in [-0.25, -0.2) is 0 Å². The summed E-state index contributed by atoms with van der Waals surface area (Å²) in [4.78, 5) is 9.80. The van der Waals surface area contributed by atoms with Gasteiger partial charge in [0.25, 0.3) is 0 Å². The van der Waals surface area contributed by atoms with Gasteiger partial charge in [0, 0.05) is 24.1 Å². The summed E-state index contributed by atoms with van der Waals surface area (Å²) in [6.45, 7) is 0. The largest absolute Gasteiger partial charge is 2.00 e. The van der Waals surface area contributed by atoms with Gasteiger partial charge >= 0.3 is 21.1 Å². The zero-order valence-corrected chi connectivity index (χ0v) is 23.1. The number of para-hydroxylation sites is 5. The van der Waals surface area contributed by atoms with Crippen molar-refractivity contribution in [3.05, 3.63) is 115 Å². The molecule has 0 fully saturated rings. The molecule has 8 aromatic rings. The van der Waals surface area contributed by atoms with Gasteiger partial charge in [0.1, 0.15) is 0 Å². The second-order valence-electron chi connectivity index (χ2n) is 9.40. The summed E-state index contributed by atoms with van der Waals surface area (Å²) in [5.74, 6) is 2.06. The number of rotatable bonds is 3. The fourth-order valence-corrected chi connectivity index (χ4v) is 5.41. The van der Waals surface area contributed by atoms with Gasteiger partial charge in [0.15, 0.2) is 0 Å². The van der Waals surface area contributed by atoms with Crippen LogP contribution in [-0.2, 0) is 28.1 Å². The van der Waals surface area contributed by atoms with Crippen molar-refractivity contribution in [1.82, 2.24) is 18.9 Å². The number of benzene rings is 5. The van der Waals surface area contributed by atoms with E-state index in [0.29, 0.717) is 11.5 Å². The van der Waals surface area contributed by atoms with E-state index in [-0.39, 0.29) is 21.1 Å². The molecule has 0 amide bonds. The SMILES string of the molecule is Cn1c(-c2[c-]c(Oc3[c-]c4c(cc3)c3ccccc3n3c5ccccc5nc43)ccc2)nc2ccccc21.[Pt+2]. The first kappa shape index (κ1) is 23.6. The Bertz CT molecular complexity index is 2190. The van der Waals surface area contributed by atoms with Crippen molar-refractivity contribution in [2.75, 3.05) is 0 Å². The summed E-state index contributed by atoms with van der Waals surface area (Å²) in [5, 5.41) is 3.16. The van der Waals surface area contributed by atoms with Crippen LogP contribution in [0.15, 0.2) is 103 Å². The van der Waals surface area contributed by atoms with Gasteiger partial charge in [-0.15, -0.1) is 29.8 Å². The molecule has 6 heteroatoms. The number of hydrogen-bond donors (Lipinski definition) is 0. The van der Waals surface area contributed by atoms with Crippen LogP contribution < -0.4 is 4.74 Å². The molecule has 188 valence electrons. The molecular weight excluding hydrogens is 663 g/mol. The van der Waals surface area contributed by atoms with E-state index in [9.17, 15) is 0 Å². The van der Waals surface area contributed by atoms with E-state index in [4.69, 9.17) is 14.7 Å². The molecule has 5 nitrogen and oxygen atoms in total. The maximum absolute atomic E-state index is 6.31. The first-order valence-corrected chi connectivity index (χ1v) is 12.5. The predicted octanol–water partition coefficient (Wildman–Crippen LogP) is 7.74. The fourth-order valence-electron chi connectivity index (χ4n) is 5.41. The molecule has 0 bridgehead atoms. The standard InChI is InChI=1S/C33H20N4O.Pt/c1-36-30-15-6-3-12-27(30)34-32(36)21-9-8-10-22(19-21)38-23-17-18-24-25-11-2-5-14-29(25)37-31-16-7-4-13-28(31)35-33(37)26(24)20-23;/h2-18H,1H3;/q-2;+2. The normalized spacial score (nSPS) is 11.5. The maximum atomic E-state index is 6.31. The van der Waals surface area contributed by atoms with Crippen LogP contribution in [0.1, 0.15) is 0 Å². The predicted molar refractivity (Wildman–Crippen MR) is 152 cm³/mol. The van der Waals surface area contributed by atoms with Crippen LogP contribution in [0.25, 0.3) is 60.8 Å². The molecule has 0 aliphatic rings. The molecule has 0 atom stereocenters. The summed E-state index contributed by atoms with van der Waals surface area (Å²) in [6, 6.07) is 41.6. The van der Waals surface area contributed by atoms with Gasteiger partial charge in [0.2, 0.25) is 0 Å². The number of nitrogens with zero attached hydrogens (tertiary/aromatic N) is 4. The van der Waals surface area contributed by atoms with Gasteiger partial charge in [-0.3, -0.25) is 9.97 Å². The molecule has 0 saturated heterocycles. The van der Waals surface area contributed by atoms with Gasteiger partial charge in [-0.2, -0.15) is 0 Å². The van der Waals surface area contributed by atoms with Gasteiger partial charge in [-0.05, 0) is 35.7 Å². The number of aryl methyl sites for hydroxylation is 1. The van der Waals surface area contributed by atoms with E-state index < -0.39 is 0 Å². The molecule has 3 heterocycles. The topological polar surface area (TPSA) is 44.4 Å². The number of aromatic nitrogens is 4. The molecule has 0 aliphatic carbocycles. The second-order valence-corrected chi connectivity index (χ2v) is 9.40. The first-order chi connectivity index (χ1) is 18.7. The third-order valence-corrected chi connectivity index (χ3v) is 7.15. The minimum Gasteiger partial charge on any atom is -0.497 e. The number of pyridine rings is 1. The van der Waals surface area contributed by atoms with Crippen LogP contribution in [0.3, 0.4) is 0 Å². The zero-order chi connectivity index (χ0) is 25.2. The van der Waals surface area contributed by atoms with Gasteiger partial charge < -0.3 is 13.7 Å². The van der Waals surface area contributed by atoms with E-state index in [1.54, 1.807) is 0 Å². The Labute approximate surface area is 238 Å². The molecule has 0 aliphatic heterocycles. The average molecular weight is 684 g/mol. The zero-order valence-electron chi connectivity index (χ0n) is 20.8. The van der Waals surface area contributed by atoms with Gasteiger partial charge in [-0.1, -0.05) is 71.4 Å². The van der Waals surface area contributed by atoms with E-state index in [1.807, 2.05) is 67.7 Å². The van der Waals surface area contributed by atoms with Crippen LogP contribution in [0.4, 0.5) is 0 Å². The van der Waals surface area contributed by atoms with Crippen LogP contribution in [-0.4, -0.2) is 18.9 Å². The molecule has 3 aromatic heterocycles. The minimum atomic E-state index is 0. The Morgan fingerprint density at radius 3 is 2.13 bits per heavy atom. The Hall–Kier alpha value is -4.47. The van der Waals surface area contributed by atoms with Crippen LogP contribution >= 0.6 is 0 Å². The summed E-state index contributed by atoms with van der Waals surface area (Å²) in [7, 11) is 2.02. The molecule has 39 heavy (non-hydrogen) atoms. The van der Waals surface area contributed by atoms with Crippen molar-refractivity contribution in [2.24, 2.45) is 7.05 Å². The number of fused-ring (bicyclic) bond motifs is 9. The third-order valence-electron chi connectivity index (χ3n) is 7.15. The van der Waals surface area contributed by atoms with Crippen molar-refractivity contribution in [3.63, 3.8) is 0 Å². The van der Waals surface area contributed by atoms with E-state index in [0.717, 1.165) is 60.8 Å². The summed E-state index contributed by atoms with van der Waals surface area (Å²) >= 11 is 0. The summed E-state index contributed by atoms with van der Waals surface area (Å²) in [5.41, 5.74) is 6.91. The molecule has 0 unspecified atom stereocenters. The van der Waals surface area contributed by atoms with Crippen molar-refractivity contribution in [1.29, 1.82) is 0 Å². The Kier molecular flexibility index (Phi) is 5.50. The second kappa shape index (κ2) is 9.07. The quantitative estimate of drug-likeness (QED) is 0.142. The number of hydrogen-bond acceptors (Lipinski definition) is 3. The van der Waals surface area contributed by atoms with Crippen molar-refractivity contribution in [2.45, 2.75) is 0 Å². The van der Waals surface area contributed by atoms with Gasteiger partial charge in [0.05, 0.1) is 33.5 Å². The first-order valence-electron chi connectivity index (χ1n) is 12.5. The van der Waals surface area contributed by atoms with E-state index in [2.05, 4.69) is 63.6 Å². The van der Waals surface area contributed by atoms with Crippen LogP contribution in [0.2, 0.25) is 0 Å². The molecule has 0 spiro atoms.